The van der Waals surface area contributed by atoms with E-state index >= 15 is 0 Å². The van der Waals surface area contributed by atoms with Crippen molar-refractivity contribution < 1.29 is 47.3 Å². The van der Waals surface area contributed by atoms with E-state index in [4.69, 9.17) is 18.9 Å². The summed E-state index contributed by atoms with van der Waals surface area (Å²) in [4.78, 5) is 30.6. The summed E-state index contributed by atoms with van der Waals surface area (Å²) in [6, 6.07) is 14.7. The Kier molecular flexibility index (Phi) is 9.82. The molecule has 4 aromatic rings. The minimum absolute atomic E-state index is 0.0319. The third kappa shape index (κ3) is 6.78. The Hall–Kier alpha value is -5.34. The molecule has 14 heteroatoms. The third-order valence-electron chi connectivity index (χ3n) is 7.49. The van der Waals surface area contributed by atoms with Gasteiger partial charge < -0.3 is 24.1 Å². The second kappa shape index (κ2) is 14.0. The maximum absolute atomic E-state index is 13.8. The number of unbranched alkanes of at least 4 members (excludes halogenated alkanes) is 1. The Bertz CT molecular complexity index is 1940. The number of carbonyl (C=O) groups excluding carboxylic acids is 1. The number of hydroxylamine groups is 1. The molecule has 3 aromatic carbocycles. The number of ether oxygens (including phenoxy) is 4. The predicted octanol–water partition coefficient (Wildman–Crippen LogP) is 4.89. The lowest BCUT2D eigenvalue weighted by Gasteiger charge is -2.20. The highest BCUT2D eigenvalue weighted by molar-refractivity contribution is 7.89. The zero-order chi connectivity index (χ0) is 33.7. The van der Waals surface area contributed by atoms with Crippen molar-refractivity contribution in [1.82, 2.24) is 14.0 Å². The highest BCUT2D eigenvalue weighted by Crippen LogP contribution is 2.39. The Morgan fingerprint density at radius 3 is 2.43 bits per heavy atom. The van der Waals surface area contributed by atoms with Gasteiger partial charge in [0.1, 0.15) is 17.3 Å². The van der Waals surface area contributed by atoms with Crippen LogP contribution in [0.5, 0.6) is 23.0 Å². The van der Waals surface area contributed by atoms with Gasteiger partial charge in [-0.2, -0.15) is 8.42 Å². The minimum Gasteiger partial charge on any atom is -0.497 e. The normalized spacial score (nSPS) is 12.6. The monoisotopic (exact) mass is 663 g/mol. The van der Waals surface area contributed by atoms with Crippen LogP contribution in [0, 0.1) is 0 Å². The molecule has 1 aliphatic heterocycles. The lowest BCUT2D eigenvalue weighted by Crippen LogP contribution is -2.34. The number of aryl methyl sites for hydroxylation is 1. The van der Waals surface area contributed by atoms with Crippen LogP contribution in [-0.4, -0.2) is 65.6 Å². The summed E-state index contributed by atoms with van der Waals surface area (Å²) in [5.74, 6) is -0.421. The Labute approximate surface area is 271 Å². The van der Waals surface area contributed by atoms with E-state index in [-0.39, 0.29) is 45.2 Å². The van der Waals surface area contributed by atoms with Crippen molar-refractivity contribution in [1.29, 1.82) is 0 Å². The van der Waals surface area contributed by atoms with E-state index in [1.165, 1.54) is 62.9 Å². The fourth-order valence-corrected chi connectivity index (χ4v) is 6.09. The summed E-state index contributed by atoms with van der Waals surface area (Å²) in [7, 11) is -1.81. The van der Waals surface area contributed by atoms with E-state index in [0.717, 1.165) is 6.42 Å². The Morgan fingerprint density at radius 2 is 1.77 bits per heavy atom. The first-order valence-corrected chi connectivity index (χ1v) is 16.0. The smallest absolute Gasteiger partial charge is 0.331 e. The number of methoxy groups -OCH3 is 2. The predicted molar refractivity (Wildman–Crippen MR) is 169 cm³/mol. The standard InChI is InChI=1S/C33H33N3O10S/c1-4-5-11-31-34-19-23(15-22(33(38)39)14-21-16-29-30(46-20-45-29)18-28(21)44-3)35(31)27-13-12-24(43-2)17-26(27)32(37)36(40)47(41,42)25-9-7-6-8-10-25/h6-10,12-13,15-19,40H,4-5,11,14,20H2,1-3H3,(H,38,39)/b22-15+. The molecule has 1 amide bonds. The van der Waals surface area contributed by atoms with Gasteiger partial charge in [-0.15, -0.1) is 4.47 Å². The quantitative estimate of drug-likeness (QED) is 0.114. The van der Waals surface area contributed by atoms with Gasteiger partial charge in [0.2, 0.25) is 6.79 Å². The molecular weight excluding hydrogens is 630 g/mol. The highest BCUT2D eigenvalue weighted by Gasteiger charge is 2.32. The van der Waals surface area contributed by atoms with Crippen molar-refractivity contribution in [2.24, 2.45) is 0 Å². The summed E-state index contributed by atoms with van der Waals surface area (Å²) in [5, 5.41) is 21.1. The molecule has 0 atom stereocenters. The average Bonchev–Trinajstić information content (AvgIpc) is 3.72. The number of nitrogens with zero attached hydrogens (tertiary/aromatic N) is 3. The van der Waals surface area contributed by atoms with Gasteiger partial charge in [-0.25, -0.2) is 9.78 Å². The van der Waals surface area contributed by atoms with Gasteiger partial charge in [0.05, 0.1) is 42.3 Å². The van der Waals surface area contributed by atoms with Crippen LogP contribution in [0.3, 0.4) is 0 Å². The molecule has 47 heavy (non-hydrogen) atoms. The van der Waals surface area contributed by atoms with Gasteiger partial charge in [-0.05, 0) is 48.9 Å². The van der Waals surface area contributed by atoms with Crippen LogP contribution in [-0.2, 0) is 27.7 Å². The molecule has 2 N–H and O–H groups in total. The van der Waals surface area contributed by atoms with Crippen LogP contribution < -0.4 is 18.9 Å². The van der Waals surface area contributed by atoms with Crippen molar-refractivity contribution in [3.05, 3.63) is 95.1 Å². The van der Waals surface area contributed by atoms with Crippen LogP contribution in [0.25, 0.3) is 11.8 Å². The molecule has 2 heterocycles. The topological polar surface area (TPSA) is 167 Å². The number of hydrogen-bond acceptors (Lipinski definition) is 10. The summed E-state index contributed by atoms with van der Waals surface area (Å²) in [5.41, 5.74) is 0.708. The molecule has 0 saturated heterocycles. The molecule has 246 valence electrons. The first-order valence-electron chi connectivity index (χ1n) is 14.6. The van der Waals surface area contributed by atoms with Crippen LogP contribution in [0.15, 0.2) is 77.3 Å². The molecule has 0 bridgehead atoms. The van der Waals surface area contributed by atoms with Crippen molar-refractivity contribution in [3.63, 3.8) is 0 Å². The minimum atomic E-state index is -4.65. The molecule has 0 unspecified atom stereocenters. The second-order valence-corrected chi connectivity index (χ2v) is 12.2. The SMILES string of the molecule is CCCCc1ncc(/C=C(\Cc2cc3c(cc2OC)OCO3)C(=O)O)n1-c1ccc(OC)cc1C(=O)N(O)S(=O)(=O)c1ccccc1. The van der Waals surface area contributed by atoms with Gasteiger partial charge in [0.15, 0.2) is 11.5 Å². The fourth-order valence-electron chi connectivity index (χ4n) is 5.07. The van der Waals surface area contributed by atoms with Crippen molar-refractivity contribution >= 4 is 28.0 Å². The number of sulfonamides is 1. The molecule has 1 aromatic heterocycles. The van der Waals surface area contributed by atoms with Gasteiger partial charge >= 0.3 is 5.97 Å². The van der Waals surface area contributed by atoms with Crippen LogP contribution in [0.4, 0.5) is 0 Å². The largest absolute Gasteiger partial charge is 0.497 e. The number of aliphatic carboxylic acids is 1. The maximum atomic E-state index is 13.8. The summed E-state index contributed by atoms with van der Waals surface area (Å²) >= 11 is 0. The average molecular weight is 664 g/mol. The van der Waals surface area contributed by atoms with Crippen molar-refractivity contribution in [2.45, 2.75) is 37.5 Å². The molecule has 0 radical (unpaired) electrons. The lowest BCUT2D eigenvalue weighted by molar-refractivity contribution is -0.132. The molecule has 0 aliphatic carbocycles. The number of benzene rings is 3. The van der Waals surface area contributed by atoms with E-state index in [1.54, 1.807) is 28.8 Å². The number of carboxylic acid groups (broad SMARTS) is 1. The molecule has 0 fully saturated rings. The Balaban J connectivity index is 1.64. The molecule has 13 nitrogen and oxygen atoms in total. The van der Waals surface area contributed by atoms with Crippen molar-refractivity contribution in [3.8, 4) is 28.7 Å². The Morgan fingerprint density at radius 1 is 1.04 bits per heavy atom. The number of aromatic nitrogens is 2. The van der Waals surface area contributed by atoms with Crippen LogP contribution >= 0.6 is 0 Å². The summed E-state index contributed by atoms with van der Waals surface area (Å²) < 4.78 is 49.3. The van der Waals surface area contributed by atoms with E-state index in [1.807, 2.05) is 6.92 Å². The molecule has 0 saturated carbocycles. The van der Waals surface area contributed by atoms with Gasteiger partial charge in [0, 0.05) is 30.0 Å². The number of imidazole rings is 1. The van der Waals surface area contributed by atoms with Gasteiger partial charge in [-0.1, -0.05) is 31.5 Å². The number of hydrogen-bond donors (Lipinski definition) is 2. The van der Waals surface area contributed by atoms with Crippen molar-refractivity contribution in [2.75, 3.05) is 21.0 Å². The molecule has 0 spiro atoms. The van der Waals surface area contributed by atoms with E-state index in [2.05, 4.69) is 4.98 Å². The van der Waals surface area contributed by atoms with E-state index in [0.29, 0.717) is 47.2 Å². The first kappa shape index (κ1) is 33.0. The van der Waals surface area contributed by atoms with Gasteiger partial charge in [-0.3, -0.25) is 14.6 Å². The molecule has 5 rings (SSSR count). The van der Waals surface area contributed by atoms with E-state index in [9.17, 15) is 28.3 Å². The highest BCUT2D eigenvalue weighted by atomic mass is 32.2. The lowest BCUT2D eigenvalue weighted by atomic mass is 10.0. The first-order chi connectivity index (χ1) is 22.6. The third-order valence-corrected chi connectivity index (χ3v) is 8.98. The summed E-state index contributed by atoms with van der Waals surface area (Å²) in [6.45, 7) is 2.03. The van der Waals surface area contributed by atoms with Crippen LogP contribution in [0.2, 0.25) is 0 Å². The second-order valence-electron chi connectivity index (χ2n) is 10.5. The molecular formula is C33H33N3O10S. The number of fused-ring (bicyclic) bond motifs is 1. The number of amides is 1. The van der Waals surface area contributed by atoms with E-state index < -0.39 is 21.9 Å². The number of rotatable bonds is 13. The zero-order valence-electron chi connectivity index (χ0n) is 25.9. The fraction of sp³-hybridized carbons (Fsp3) is 0.242. The molecule has 1 aliphatic rings. The van der Waals surface area contributed by atoms with Crippen LogP contribution in [0.1, 0.15) is 47.2 Å². The number of carbonyl (C=O) groups is 2. The number of carboxylic acids is 1. The van der Waals surface area contributed by atoms with Gasteiger partial charge in [0.25, 0.3) is 15.9 Å². The zero-order valence-corrected chi connectivity index (χ0v) is 26.7. The maximum Gasteiger partial charge on any atom is 0.331 e. The summed E-state index contributed by atoms with van der Waals surface area (Å²) in [6.07, 6.45) is 4.81.